The molecule has 1 aliphatic rings. The summed E-state index contributed by atoms with van der Waals surface area (Å²) < 4.78 is 26.1. The van der Waals surface area contributed by atoms with Crippen LogP contribution in [0.4, 0.5) is 0 Å². The highest BCUT2D eigenvalue weighted by molar-refractivity contribution is 7.89. The summed E-state index contributed by atoms with van der Waals surface area (Å²) in [5.74, 6) is 0.512. The van der Waals surface area contributed by atoms with Gasteiger partial charge in [-0.15, -0.1) is 0 Å². The average molecular weight is 278 g/mol. The van der Waals surface area contributed by atoms with Crippen molar-refractivity contribution in [3.8, 4) is 6.07 Å². The fourth-order valence-electron chi connectivity index (χ4n) is 2.19. The van der Waals surface area contributed by atoms with Crippen molar-refractivity contribution in [1.82, 2.24) is 4.31 Å². The molecule has 0 aromatic heterocycles. The zero-order chi connectivity index (χ0) is 13.9. The van der Waals surface area contributed by atoms with Gasteiger partial charge in [0.2, 0.25) is 10.0 Å². The van der Waals surface area contributed by atoms with Crippen molar-refractivity contribution in [3.63, 3.8) is 0 Å². The largest absolute Gasteiger partial charge is 0.242 e. The van der Waals surface area contributed by atoms with Gasteiger partial charge in [-0.3, -0.25) is 0 Å². The minimum atomic E-state index is -3.39. The molecule has 0 N–H and O–H groups in total. The Morgan fingerprint density at radius 1 is 1.32 bits per heavy atom. The van der Waals surface area contributed by atoms with Crippen molar-refractivity contribution in [2.45, 2.75) is 30.6 Å². The Morgan fingerprint density at radius 2 is 1.95 bits per heavy atom. The maximum absolute atomic E-state index is 12.3. The number of hydrogen-bond donors (Lipinski definition) is 0. The first-order valence-electron chi connectivity index (χ1n) is 6.46. The third-order valence-electron chi connectivity index (χ3n) is 3.65. The summed E-state index contributed by atoms with van der Waals surface area (Å²) in [7, 11) is -1.76. The molecule has 0 unspecified atom stereocenters. The second-order valence-electron chi connectivity index (χ2n) is 5.06. The minimum Gasteiger partial charge on any atom is -0.207 e. The molecule has 1 aromatic carbocycles. The molecule has 0 bridgehead atoms. The summed E-state index contributed by atoms with van der Waals surface area (Å²) >= 11 is 0. The van der Waals surface area contributed by atoms with Crippen molar-refractivity contribution < 1.29 is 8.42 Å². The number of benzene rings is 1. The first kappa shape index (κ1) is 14.0. The molecule has 0 radical (unpaired) electrons. The maximum atomic E-state index is 12.3. The topological polar surface area (TPSA) is 61.2 Å². The minimum absolute atomic E-state index is 0.302. The van der Waals surface area contributed by atoms with Gasteiger partial charge in [-0.2, -0.15) is 5.26 Å². The van der Waals surface area contributed by atoms with E-state index in [0.29, 0.717) is 23.8 Å². The van der Waals surface area contributed by atoms with E-state index in [-0.39, 0.29) is 0 Å². The maximum Gasteiger partial charge on any atom is 0.242 e. The fraction of sp³-hybridized carbons (Fsp3) is 0.500. The van der Waals surface area contributed by atoms with Crippen LogP contribution < -0.4 is 0 Å². The molecule has 1 aromatic rings. The van der Waals surface area contributed by atoms with Gasteiger partial charge in [0, 0.05) is 13.6 Å². The van der Waals surface area contributed by atoms with Gasteiger partial charge in [0.05, 0.1) is 17.4 Å². The highest BCUT2D eigenvalue weighted by Crippen LogP contribution is 2.28. The van der Waals surface area contributed by atoms with Crippen LogP contribution >= 0.6 is 0 Å². The fourth-order valence-corrected chi connectivity index (χ4v) is 3.43. The standard InChI is InChI=1S/C14H18N2O2S/c1-16(11-13-3-2-4-13)19(17,18)14-7-5-12(6-8-14)9-10-15/h5-8,13H,2-4,9,11H2,1H3. The Hall–Kier alpha value is -1.38. The molecule has 19 heavy (non-hydrogen) atoms. The van der Waals surface area contributed by atoms with Crippen molar-refractivity contribution >= 4 is 10.0 Å². The van der Waals surface area contributed by atoms with Crippen LogP contribution in [0.5, 0.6) is 0 Å². The highest BCUT2D eigenvalue weighted by atomic mass is 32.2. The van der Waals surface area contributed by atoms with Crippen molar-refractivity contribution in [1.29, 1.82) is 5.26 Å². The van der Waals surface area contributed by atoms with E-state index >= 15 is 0 Å². The van der Waals surface area contributed by atoms with E-state index in [1.165, 1.54) is 10.7 Å². The van der Waals surface area contributed by atoms with Crippen molar-refractivity contribution in [2.75, 3.05) is 13.6 Å². The van der Waals surface area contributed by atoms with Crippen molar-refractivity contribution in [3.05, 3.63) is 29.8 Å². The van der Waals surface area contributed by atoms with Gasteiger partial charge in [-0.05, 0) is 36.5 Å². The SMILES string of the molecule is CN(CC1CCC1)S(=O)(=O)c1ccc(CC#N)cc1. The van der Waals surface area contributed by atoms with E-state index in [1.54, 1.807) is 31.3 Å². The molecule has 4 nitrogen and oxygen atoms in total. The van der Waals surface area contributed by atoms with Gasteiger partial charge in [-0.25, -0.2) is 12.7 Å². The van der Waals surface area contributed by atoms with Crippen LogP contribution in [0.1, 0.15) is 24.8 Å². The zero-order valence-electron chi connectivity index (χ0n) is 11.0. The Labute approximate surface area is 114 Å². The zero-order valence-corrected chi connectivity index (χ0v) is 11.9. The van der Waals surface area contributed by atoms with Crippen LogP contribution in [0.3, 0.4) is 0 Å². The molecule has 1 saturated carbocycles. The highest BCUT2D eigenvalue weighted by Gasteiger charge is 2.26. The van der Waals surface area contributed by atoms with Gasteiger partial charge in [-0.1, -0.05) is 18.6 Å². The quantitative estimate of drug-likeness (QED) is 0.829. The van der Waals surface area contributed by atoms with Gasteiger partial charge in [0.1, 0.15) is 0 Å². The molecule has 0 saturated heterocycles. The average Bonchev–Trinajstić information content (AvgIpc) is 2.34. The van der Waals surface area contributed by atoms with Gasteiger partial charge in [0.25, 0.3) is 0 Å². The predicted molar refractivity (Wildman–Crippen MR) is 72.9 cm³/mol. The number of hydrogen-bond acceptors (Lipinski definition) is 3. The van der Waals surface area contributed by atoms with Gasteiger partial charge < -0.3 is 0 Å². The normalized spacial score (nSPS) is 16.1. The smallest absolute Gasteiger partial charge is 0.207 e. The molecule has 5 heteroatoms. The number of sulfonamides is 1. The summed E-state index contributed by atoms with van der Waals surface area (Å²) in [6.45, 7) is 0.599. The molecule has 0 heterocycles. The summed E-state index contributed by atoms with van der Waals surface area (Å²) in [4.78, 5) is 0.302. The van der Waals surface area contributed by atoms with E-state index < -0.39 is 10.0 Å². The van der Waals surface area contributed by atoms with Crippen LogP contribution in [0.25, 0.3) is 0 Å². The number of rotatable bonds is 5. The van der Waals surface area contributed by atoms with E-state index in [2.05, 4.69) is 0 Å². The first-order chi connectivity index (χ1) is 9.04. The number of nitriles is 1. The molecule has 102 valence electrons. The summed E-state index contributed by atoms with van der Waals surface area (Å²) in [6, 6.07) is 8.61. The molecule has 0 atom stereocenters. The molecular formula is C14H18N2O2S. The van der Waals surface area contributed by atoms with Crippen LogP contribution in [0, 0.1) is 17.2 Å². The van der Waals surface area contributed by atoms with Gasteiger partial charge in [0.15, 0.2) is 0 Å². The lowest BCUT2D eigenvalue weighted by Gasteiger charge is -2.29. The summed E-state index contributed by atoms with van der Waals surface area (Å²) in [5, 5.41) is 8.59. The second kappa shape index (κ2) is 5.72. The van der Waals surface area contributed by atoms with E-state index in [4.69, 9.17) is 5.26 Å². The lowest BCUT2D eigenvalue weighted by molar-refractivity contribution is 0.263. The first-order valence-corrected chi connectivity index (χ1v) is 7.90. The Balaban J connectivity index is 2.11. The van der Waals surface area contributed by atoms with Crippen LogP contribution in [-0.2, 0) is 16.4 Å². The summed E-state index contributed by atoms with van der Waals surface area (Å²) in [6.07, 6.45) is 3.77. The van der Waals surface area contributed by atoms with E-state index in [1.807, 2.05) is 6.07 Å². The molecular weight excluding hydrogens is 260 g/mol. The molecule has 0 amide bonds. The molecule has 1 fully saturated rings. The van der Waals surface area contributed by atoms with Crippen LogP contribution in [0.2, 0.25) is 0 Å². The lowest BCUT2D eigenvalue weighted by atomic mass is 9.86. The third kappa shape index (κ3) is 3.14. The third-order valence-corrected chi connectivity index (χ3v) is 5.49. The lowest BCUT2D eigenvalue weighted by Crippen LogP contribution is -2.34. The Bertz CT molecular complexity index is 568. The van der Waals surface area contributed by atoms with Crippen LogP contribution in [0.15, 0.2) is 29.2 Å². The summed E-state index contributed by atoms with van der Waals surface area (Å²) in [5.41, 5.74) is 0.836. The van der Waals surface area contributed by atoms with Crippen molar-refractivity contribution in [2.24, 2.45) is 5.92 Å². The predicted octanol–water partition coefficient (Wildman–Crippen LogP) is 2.17. The molecule has 2 rings (SSSR count). The van der Waals surface area contributed by atoms with E-state index in [0.717, 1.165) is 18.4 Å². The van der Waals surface area contributed by atoms with E-state index in [9.17, 15) is 8.42 Å². The molecule has 1 aliphatic carbocycles. The Kier molecular flexibility index (Phi) is 4.23. The second-order valence-corrected chi connectivity index (χ2v) is 7.11. The molecule has 0 spiro atoms. The monoisotopic (exact) mass is 278 g/mol. The molecule has 0 aliphatic heterocycles. The van der Waals surface area contributed by atoms with Gasteiger partial charge >= 0.3 is 0 Å². The van der Waals surface area contributed by atoms with Crippen LogP contribution in [-0.4, -0.2) is 26.3 Å². The number of nitrogens with zero attached hydrogens (tertiary/aromatic N) is 2. The Morgan fingerprint density at radius 3 is 2.42 bits per heavy atom.